The molecular formula is C21H27ClFN5O4S. The summed E-state index contributed by atoms with van der Waals surface area (Å²) in [5.74, 6) is -0.609. The minimum atomic E-state index is -3.60. The van der Waals surface area contributed by atoms with E-state index >= 15 is 0 Å². The third kappa shape index (κ3) is 5.21. The molecule has 0 aliphatic carbocycles. The first-order valence-corrected chi connectivity index (χ1v) is 12.8. The van der Waals surface area contributed by atoms with E-state index in [1.165, 1.54) is 21.3 Å². The first-order chi connectivity index (χ1) is 15.4. The molecule has 2 aromatic heterocycles. The number of nitrogens with zero attached hydrogens (tertiary/aromatic N) is 4. The van der Waals surface area contributed by atoms with Crippen molar-refractivity contribution in [3.8, 4) is 11.5 Å². The molecule has 1 amide bonds. The van der Waals surface area contributed by atoms with Gasteiger partial charge in [-0.05, 0) is 31.4 Å². The number of pyridine rings is 1. The molecule has 2 saturated heterocycles. The van der Waals surface area contributed by atoms with Gasteiger partial charge < -0.3 is 15.0 Å². The molecule has 0 unspecified atom stereocenters. The standard InChI is InChI=1S/C21H27ClFN5O4S/c1-13-10-28(33(31,32)8-6-17(29)27-11-21(2,30)12-27)7-5-15(13)18-19(22)26-20(25-18)16-4-3-14(23)9-24-16/h3-4,9,13,15,30H,5-8,10-12H2,1-2H3,(H,25,26)/t13-,15+/m0/s1. The molecule has 0 saturated carbocycles. The van der Waals surface area contributed by atoms with Crippen molar-refractivity contribution in [2.75, 3.05) is 31.9 Å². The zero-order valence-electron chi connectivity index (χ0n) is 18.5. The van der Waals surface area contributed by atoms with E-state index in [1.54, 1.807) is 6.92 Å². The van der Waals surface area contributed by atoms with Gasteiger partial charge in [0.15, 0.2) is 11.0 Å². The van der Waals surface area contributed by atoms with Gasteiger partial charge in [-0.15, -0.1) is 0 Å². The maximum atomic E-state index is 13.1. The van der Waals surface area contributed by atoms with Crippen LogP contribution in [0.15, 0.2) is 18.3 Å². The Morgan fingerprint density at radius 1 is 1.39 bits per heavy atom. The van der Waals surface area contributed by atoms with E-state index in [0.717, 1.165) is 6.20 Å². The number of carbonyl (C=O) groups excluding carboxylic acids is 1. The molecule has 0 aromatic carbocycles. The summed E-state index contributed by atoms with van der Waals surface area (Å²) in [4.78, 5) is 25.2. The second-order valence-electron chi connectivity index (χ2n) is 9.19. The van der Waals surface area contributed by atoms with Gasteiger partial charge in [-0.25, -0.2) is 27.1 Å². The average Bonchev–Trinajstić information content (AvgIpc) is 3.12. The number of aromatic amines is 1. The molecule has 180 valence electrons. The Morgan fingerprint density at radius 3 is 2.73 bits per heavy atom. The van der Waals surface area contributed by atoms with Crippen LogP contribution in [0.1, 0.15) is 38.3 Å². The van der Waals surface area contributed by atoms with Crippen LogP contribution >= 0.6 is 11.6 Å². The van der Waals surface area contributed by atoms with Crippen LogP contribution in [-0.4, -0.2) is 81.1 Å². The fraction of sp³-hybridized carbons (Fsp3) is 0.571. The smallest absolute Gasteiger partial charge is 0.223 e. The minimum Gasteiger partial charge on any atom is -0.386 e. The van der Waals surface area contributed by atoms with Crippen LogP contribution in [0, 0.1) is 11.7 Å². The van der Waals surface area contributed by atoms with Crippen molar-refractivity contribution in [2.24, 2.45) is 5.92 Å². The van der Waals surface area contributed by atoms with E-state index in [2.05, 4.69) is 15.0 Å². The Balaban J connectivity index is 1.37. The maximum absolute atomic E-state index is 13.1. The van der Waals surface area contributed by atoms with Gasteiger partial charge in [0.1, 0.15) is 11.5 Å². The number of H-pyrrole nitrogens is 1. The van der Waals surface area contributed by atoms with Crippen molar-refractivity contribution in [1.29, 1.82) is 0 Å². The van der Waals surface area contributed by atoms with Crippen molar-refractivity contribution < 1.29 is 22.7 Å². The van der Waals surface area contributed by atoms with Gasteiger partial charge in [0.05, 0.1) is 36.3 Å². The normalized spacial score (nSPS) is 23.4. The molecule has 2 aliphatic heterocycles. The zero-order valence-corrected chi connectivity index (χ0v) is 20.0. The van der Waals surface area contributed by atoms with Crippen LogP contribution in [-0.2, 0) is 14.8 Å². The monoisotopic (exact) mass is 499 g/mol. The number of rotatable bonds is 6. The van der Waals surface area contributed by atoms with E-state index in [1.807, 2.05) is 6.92 Å². The molecular weight excluding hydrogens is 473 g/mol. The highest BCUT2D eigenvalue weighted by Crippen LogP contribution is 2.37. The number of hydrogen-bond acceptors (Lipinski definition) is 6. The van der Waals surface area contributed by atoms with Crippen LogP contribution in [0.4, 0.5) is 4.39 Å². The van der Waals surface area contributed by atoms with Crippen LogP contribution in [0.3, 0.4) is 0 Å². The maximum Gasteiger partial charge on any atom is 0.223 e. The summed E-state index contributed by atoms with van der Waals surface area (Å²) >= 11 is 6.37. The lowest BCUT2D eigenvalue weighted by molar-refractivity contribution is -0.151. The summed E-state index contributed by atoms with van der Waals surface area (Å²) in [7, 11) is -3.60. The summed E-state index contributed by atoms with van der Waals surface area (Å²) in [6, 6.07) is 2.80. The summed E-state index contributed by atoms with van der Waals surface area (Å²) < 4.78 is 40.3. The highest BCUT2D eigenvalue weighted by molar-refractivity contribution is 7.89. The fourth-order valence-corrected chi connectivity index (χ4v) is 6.30. The van der Waals surface area contributed by atoms with Crippen molar-refractivity contribution in [2.45, 2.75) is 38.2 Å². The number of aliphatic hydroxyl groups is 1. The number of carbonyl (C=O) groups is 1. The van der Waals surface area contributed by atoms with E-state index in [0.29, 0.717) is 41.9 Å². The van der Waals surface area contributed by atoms with Gasteiger partial charge in [-0.3, -0.25) is 4.79 Å². The second kappa shape index (κ2) is 8.94. The van der Waals surface area contributed by atoms with E-state index in [9.17, 15) is 22.7 Å². The van der Waals surface area contributed by atoms with Gasteiger partial charge >= 0.3 is 0 Å². The summed E-state index contributed by atoms with van der Waals surface area (Å²) in [6.07, 6.45) is 1.54. The predicted octanol–water partition coefficient (Wildman–Crippen LogP) is 2.00. The number of hydrogen-bond donors (Lipinski definition) is 2. The molecule has 0 spiro atoms. The Kier molecular flexibility index (Phi) is 6.51. The molecule has 2 aromatic rings. The molecule has 0 radical (unpaired) electrons. The molecule has 9 nitrogen and oxygen atoms in total. The number of sulfonamides is 1. The molecule has 2 aliphatic rings. The highest BCUT2D eigenvalue weighted by atomic mass is 35.5. The van der Waals surface area contributed by atoms with Crippen molar-refractivity contribution in [1.82, 2.24) is 24.2 Å². The van der Waals surface area contributed by atoms with Gasteiger partial charge in [-0.2, -0.15) is 0 Å². The van der Waals surface area contributed by atoms with Crippen molar-refractivity contribution in [3.63, 3.8) is 0 Å². The predicted molar refractivity (Wildman–Crippen MR) is 120 cm³/mol. The first-order valence-electron chi connectivity index (χ1n) is 10.8. The SMILES string of the molecule is C[C@H]1CN(S(=O)(=O)CCC(=O)N2CC(C)(O)C2)CC[C@H]1c1[nH]c(-c2ccc(F)cn2)nc1Cl. The average molecular weight is 500 g/mol. The zero-order chi connectivity index (χ0) is 24.0. The molecule has 4 heterocycles. The number of β-amino-alcohol motifs (C(OH)–C–C–N with tert-alkyl or cyclic N) is 1. The second-order valence-corrected chi connectivity index (χ2v) is 11.6. The molecule has 2 N–H and O–H groups in total. The Hall–Kier alpha value is -2.08. The number of amides is 1. The number of halogens is 2. The molecule has 33 heavy (non-hydrogen) atoms. The summed E-state index contributed by atoms with van der Waals surface area (Å²) in [6.45, 7) is 4.67. The van der Waals surface area contributed by atoms with Gasteiger partial charge in [-0.1, -0.05) is 18.5 Å². The van der Waals surface area contributed by atoms with Gasteiger partial charge in [0.25, 0.3) is 0 Å². The molecule has 12 heteroatoms. The Labute approximate surface area is 197 Å². The highest BCUT2D eigenvalue weighted by Gasteiger charge is 2.40. The fourth-order valence-electron chi connectivity index (χ4n) is 4.49. The minimum absolute atomic E-state index is 0.0319. The lowest BCUT2D eigenvalue weighted by Gasteiger charge is -2.44. The largest absolute Gasteiger partial charge is 0.386 e. The lowest BCUT2D eigenvalue weighted by atomic mass is 9.86. The van der Waals surface area contributed by atoms with Crippen LogP contribution in [0.2, 0.25) is 5.15 Å². The van der Waals surface area contributed by atoms with E-state index < -0.39 is 21.4 Å². The topological polar surface area (TPSA) is 119 Å². The number of nitrogens with one attached hydrogen (secondary N) is 1. The third-order valence-corrected chi connectivity index (χ3v) is 8.40. The van der Waals surface area contributed by atoms with Crippen LogP contribution < -0.4 is 0 Å². The quantitative estimate of drug-likeness (QED) is 0.627. The third-order valence-electron chi connectivity index (χ3n) is 6.28. The molecule has 2 fully saturated rings. The van der Waals surface area contributed by atoms with Crippen molar-refractivity contribution >= 4 is 27.5 Å². The first kappa shape index (κ1) is 24.1. The molecule has 2 atom stereocenters. The van der Waals surface area contributed by atoms with Gasteiger partial charge in [0.2, 0.25) is 15.9 Å². The number of likely N-dealkylation sites (tertiary alicyclic amines) is 1. The van der Waals surface area contributed by atoms with E-state index in [-0.39, 0.29) is 43.0 Å². The molecule has 0 bridgehead atoms. The Bertz CT molecular complexity index is 1130. The Morgan fingerprint density at radius 2 is 2.12 bits per heavy atom. The van der Waals surface area contributed by atoms with E-state index in [4.69, 9.17) is 11.6 Å². The van der Waals surface area contributed by atoms with Crippen molar-refractivity contribution in [3.05, 3.63) is 35.0 Å². The number of imidazole rings is 1. The summed E-state index contributed by atoms with van der Waals surface area (Å²) in [5, 5.41) is 10.0. The lowest BCUT2D eigenvalue weighted by Crippen LogP contribution is -2.61. The summed E-state index contributed by atoms with van der Waals surface area (Å²) in [5.41, 5.74) is 0.292. The van der Waals surface area contributed by atoms with Gasteiger partial charge in [0, 0.05) is 25.4 Å². The van der Waals surface area contributed by atoms with Crippen LogP contribution in [0.25, 0.3) is 11.5 Å². The van der Waals surface area contributed by atoms with Crippen LogP contribution in [0.5, 0.6) is 0 Å². The number of piperidine rings is 1. The molecule has 4 rings (SSSR count). The number of aromatic nitrogens is 3.